The SMILES string of the molecule is Cc1ccc(CC(C)NC(=O)N[C@H](CCO)c2ccccc2)s1. The summed E-state index contributed by atoms with van der Waals surface area (Å²) in [6, 6.07) is 13.6. The minimum absolute atomic E-state index is 0.0316. The van der Waals surface area contributed by atoms with Gasteiger partial charge in [0.05, 0.1) is 6.04 Å². The van der Waals surface area contributed by atoms with Crippen LogP contribution in [0.25, 0.3) is 0 Å². The molecule has 2 rings (SSSR count). The summed E-state index contributed by atoms with van der Waals surface area (Å²) < 4.78 is 0. The van der Waals surface area contributed by atoms with Crippen molar-refractivity contribution in [2.75, 3.05) is 6.61 Å². The van der Waals surface area contributed by atoms with E-state index >= 15 is 0 Å². The summed E-state index contributed by atoms with van der Waals surface area (Å²) in [7, 11) is 0. The highest BCUT2D eigenvalue weighted by atomic mass is 32.1. The fourth-order valence-electron chi connectivity index (χ4n) is 2.51. The molecule has 1 heterocycles. The van der Waals surface area contributed by atoms with Gasteiger partial charge in [-0.2, -0.15) is 0 Å². The smallest absolute Gasteiger partial charge is 0.315 e. The van der Waals surface area contributed by atoms with Crippen LogP contribution in [-0.4, -0.2) is 23.8 Å². The summed E-state index contributed by atoms with van der Waals surface area (Å²) in [6.07, 6.45) is 1.32. The molecule has 2 amide bonds. The van der Waals surface area contributed by atoms with Crippen molar-refractivity contribution in [1.82, 2.24) is 10.6 Å². The normalized spacial score (nSPS) is 13.3. The Kier molecular flexibility index (Phi) is 6.62. The molecule has 0 fully saturated rings. The first-order valence-corrected chi connectivity index (χ1v) is 8.68. The van der Waals surface area contributed by atoms with E-state index in [1.165, 1.54) is 9.75 Å². The van der Waals surface area contributed by atoms with Crippen LogP contribution in [0.4, 0.5) is 4.79 Å². The van der Waals surface area contributed by atoms with Gasteiger partial charge in [0, 0.05) is 28.8 Å². The largest absolute Gasteiger partial charge is 0.396 e. The van der Waals surface area contributed by atoms with Gasteiger partial charge in [0.25, 0.3) is 0 Å². The Morgan fingerprint density at radius 3 is 2.52 bits per heavy atom. The number of hydrogen-bond donors (Lipinski definition) is 3. The highest BCUT2D eigenvalue weighted by Gasteiger charge is 2.15. The number of aliphatic hydroxyl groups is 1. The number of amides is 2. The van der Waals surface area contributed by atoms with Crippen molar-refractivity contribution in [3.8, 4) is 0 Å². The molecule has 0 aliphatic rings. The van der Waals surface area contributed by atoms with Crippen LogP contribution in [0.15, 0.2) is 42.5 Å². The molecule has 2 atom stereocenters. The lowest BCUT2D eigenvalue weighted by molar-refractivity contribution is 0.226. The minimum atomic E-state index is -0.201. The summed E-state index contributed by atoms with van der Waals surface area (Å²) >= 11 is 1.76. The predicted molar refractivity (Wildman–Crippen MR) is 94.8 cm³/mol. The van der Waals surface area contributed by atoms with Crippen LogP contribution in [0.3, 0.4) is 0 Å². The Bertz CT molecular complexity index is 612. The third kappa shape index (κ3) is 5.69. The molecule has 124 valence electrons. The molecule has 1 aromatic heterocycles. The molecule has 0 saturated carbocycles. The Labute approximate surface area is 141 Å². The number of urea groups is 1. The van der Waals surface area contributed by atoms with Crippen LogP contribution < -0.4 is 10.6 Å². The number of thiophene rings is 1. The summed E-state index contributed by atoms with van der Waals surface area (Å²) in [5, 5.41) is 15.1. The summed E-state index contributed by atoms with van der Waals surface area (Å²) in [5.74, 6) is 0. The van der Waals surface area contributed by atoms with Gasteiger partial charge in [-0.25, -0.2) is 4.79 Å². The summed E-state index contributed by atoms with van der Waals surface area (Å²) in [6.45, 7) is 4.11. The van der Waals surface area contributed by atoms with Gasteiger partial charge < -0.3 is 15.7 Å². The zero-order valence-electron chi connectivity index (χ0n) is 13.6. The highest BCUT2D eigenvalue weighted by Crippen LogP contribution is 2.17. The summed E-state index contributed by atoms with van der Waals surface area (Å²) in [5.41, 5.74) is 0.998. The van der Waals surface area contributed by atoms with Gasteiger partial charge in [-0.1, -0.05) is 30.3 Å². The van der Waals surface area contributed by atoms with Gasteiger partial charge in [-0.3, -0.25) is 0 Å². The number of hydrogen-bond acceptors (Lipinski definition) is 3. The molecule has 4 nitrogen and oxygen atoms in total. The van der Waals surface area contributed by atoms with Crippen LogP contribution >= 0.6 is 11.3 Å². The van der Waals surface area contributed by atoms with Gasteiger partial charge in [0.1, 0.15) is 0 Å². The third-order valence-corrected chi connectivity index (χ3v) is 4.63. The lowest BCUT2D eigenvalue weighted by Gasteiger charge is -2.20. The van der Waals surface area contributed by atoms with Crippen molar-refractivity contribution in [2.24, 2.45) is 0 Å². The second-order valence-corrected chi connectivity index (χ2v) is 7.08. The van der Waals surface area contributed by atoms with E-state index in [9.17, 15) is 9.90 Å². The quantitative estimate of drug-likeness (QED) is 0.727. The van der Waals surface area contributed by atoms with Crippen LogP contribution in [0, 0.1) is 6.92 Å². The summed E-state index contributed by atoms with van der Waals surface area (Å²) in [4.78, 5) is 14.8. The molecule has 0 bridgehead atoms. The zero-order chi connectivity index (χ0) is 16.7. The molecule has 5 heteroatoms. The van der Waals surface area contributed by atoms with E-state index in [4.69, 9.17) is 0 Å². The van der Waals surface area contributed by atoms with Crippen molar-refractivity contribution >= 4 is 17.4 Å². The van der Waals surface area contributed by atoms with Crippen molar-refractivity contribution in [2.45, 2.75) is 38.8 Å². The maximum atomic E-state index is 12.2. The molecule has 1 unspecified atom stereocenters. The van der Waals surface area contributed by atoms with E-state index in [2.05, 4.69) is 29.7 Å². The molecule has 0 radical (unpaired) electrons. The standard InChI is InChI=1S/C18H24N2O2S/c1-13(12-16-9-8-14(2)23-16)19-18(22)20-17(10-11-21)15-6-4-3-5-7-15/h3-9,13,17,21H,10-12H2,1-2H3,(H2,19,20,22)/t13?,17-/m1/s1. The third-order valence-electron chi connectivity index (χ3n) is 3.61. The zero-order valence-corrected chi connectivity index (χ0v) is 14.4. The predicted octanol–water partition coefficient (Wildman–Crippen LogP) is 3.41. The molecule has 2 aromatic rings. The van der Waals surface area contributed by atoms with Gasteiger partial charge in [-0.15, -0.1) is 11.3 Å². The average molecular weight is 332 g/mol. The van der Waals surface area contributed by atoms with E-state index in [0.717, 1.165) is 12.0 Å². The number of rotatable bonds is 7. The Morgan fingerprint density at radius 2 is 1.91 bits per heavy atom. The fraction of sp³-hybridized carbons (Fsp3) is 0.389. The minimum Gasteiger partial charge on any atom is -0.396 e. The van der Waals surface area contributed by atoms with Crippen LogP contribution in [0.1, 0.15) is 34.7 Å². The number of aliphatic hydroxyl groups excluding tert-OH is 1. The molecule has 0 saturated heterocycles. The molecular formula is C18H24N2O2S. The molecule has 23 heavy (non-hydrogen) atoms. The fourth-order valence-corrected chi connectivity index (χ4v) is 3.53. The van der Waals surface area contributed by atoms with E-state index in [-0.39, 0.29) is 24.7 Å². The first-order valence-electron chi connectivity index (χ1n) is 7.86. The number of aryl methyl sites for hydroxylation is 1. The number of nitrogens with one attached hydrogen (secondary N) is 2. The lowest BCUT2D eigenvalue weighted by Crippen LogP contribution is -2.43. The Hall–Kier alpha value is -1.85. The van der Waals surface area contributed by atoms with Crippen LogP contribution in [0.2, 0.25) is 0 Å². The topological polar surface area (TPSA) is 61.4 Å². The highest BCUT2D eigenvalue weighted by molar-refractivity contribution is 7.11. The van der Waals surface area contributed by atoms with Crippen molar-refractivity contribution in [1.29, 1.82) is 0 Å². The Balaban J connectivity index is 1.88. The second-order valence-electron chi connectivity index (χ2n) is 5.71. The van der Waals surface area contributed by atoms with Gasteiger partial charge in [0.2, 0.25) is 0 Å². The first-order chi connectivity index (χ1) is 11.1. The molecule has 0 aliphatic heterocycles. The maximum absolute atomic E-state index is 12.2. The molecule has 0 spiro atoms. The Morgan fingerprint density at radius 1 is 1.17 bits per heavy atom. The van der Waals surface area contributed by atoms with E-state index in [1.807, 2.05) is 37.3 Å². The van der Waals surface area contributed by atoms with Crippen molar-refractivity contribution in [3.63, 3.8) is 0 Å². The number of carbonyl (C=O) groups excluding carboxylic acids is 1. The lowest BCUT2D eigenvalue weighted by atomic mass is 10.0. The molecule has 3 N–H and O–H groups in total. The van der Waals surface area contributed by atoms with E-state index in [1.54, 1.807) is 11.3 Å². The van der Waals surface area contributed by atoms with Crippen LogP contribution in [0.5, 0.6) is 0 Å². The van der Waals surface area contributed by atoms with Gasteiger partial charge in [0.15, 0.2) is 0 Å². The number of carbonyl (C=O) groups is 1. The van der Waals surface area contributed by atoms with Crippen molar-refractivity contribution < 1.29 is 9.90 Å². The molecular weight excluding hydrogens is 308 g/mol. The number of benzene rings is 1. The first kappa shape index (κ1) is 17.5. The van der Waals surface area contributed by atoms with E-state index in [0.29, 0.717) is 6.42 Å². The molecule has 1 aromatic carbocycles. The van der Waals surface area contributed by atoms with Gasteiger partial charge >= 0.3 is 6.03 Å². The van der Waals surface area contributed by atoms with Crippen molar-refractivity contribution in [3.05, 3.63) is 57.8 Å². The second kappa shape index (κ2) is 8.70. The molecule has 0 aliphatic carbocycles. The van der Waals surface area contributed by atoms with Gasteiger partial charge in [-0.05, 0) is 38.0 Å². The monoisotopic (exact) mass is 332 g/mol. The maximum Gasteiger partial charge on any atom is 0.315 e. The average Bonchev–Trinajstić information content (AvgIpc) is 2.92. The van der Waals surface area contributed by atoms with Crippen LogP contribution in [-0.2, 0) is 6.42 Å². The van der Waals surface area contributed by atoms with E-state index < -0.39 is 0 Å².